The molecule has 0 amide bonds. The van der Waals surface area contributed by atoms with Crippen LogP contribution < -0.4 is 5.73 Å². The maximum absolute atomic E-state index is 6.53. The predicted molar refractivity (Wildman–Crippen MR) is 310 cm³/mol. The van der Waals surface area contributed by atoms with Gasteiger partial charge in [0.05, 0.1) is 22.2 Å². The summed E-state index contributed by atoms with van der Waals surface area (Å²) in [5.41, 5.74) is 20.8. The highest BCUT2D eigenvalue weighted by atomic mass is 32.1. The van der Waals surface area contributed by atoms with Gasteiger partial charge in [0.2, 0.25) is 0 Å². The lowest BCUT2D eigenvalue weighted by molar-refractivity contribution is 0.669. The molecule has 72 heavy (non-hydrogen) atoms. The molecular formula is C65H51N5OS. The molecule has 348 valence electrons. The van der Waals surface area contributed by atoms with Crippen LogP contribution in [0.2, 0.25) is 0 Å². The average molecular weight is 950 g/mol. The number of nitrogens with zero attached hydrogens (tertiary/aromatic N) is 3. The minimum absolute atomic E-state index is 0.432. The number of benzene rings is 9. The Kier molecular flexibility index (Phi) is 12.6. The maximum Gasteiger partial charge on any atom is 0.136 e. The second-order valence-corrected chi connectivity index (χ2v) is 18.6. The fourth-order valence-electron chi connectivity index (χ4n) is 10.3. The van der Waals surface area contributed by atoms with Gasteiger partial charge < -0.3 is 24.7 Å². The number of hydrogen-bond donors (Lipinski definition) is 2. The number of nitrogens with one attached hydrogen (secondary N) is 1. The largest absolute Gasteiger partial charge is 0.456 e. The molecule has 13 aromatic rings. The van der Waals surface area contributed by atoms with Crippen LogP contribution in [-0.4, -0.2) is 22.1 Å². The van der Waals surface area contributed by atoms with Crippen molar-refractivity contribution in [2.75, 3.05) is 0 Å². The summed E-state index contributed by atoms with van der Waals surface area (Å²) in [5, 5.41) is 13.8. The molecule has 0 saturated heterocycles. The molecular weight excluding hydrogens is 899 g/mol. The molecule has 9 aromatic carbocycles. The zero-order valence-electron chi connectivity index (χ0n) is 39.9. The topological polar surface area (TPSA) is 85.2 Å². The first-order chi connectivity index (χ1) is 35.6. The Labute approximate surface area is 422 Å². The van der Waals surface area contributed by atoms with Crippen molar-refractivity contribution in [3.8, 4) is 27.9 Å². The second-order valence-electron chi connectivity index (χ2n) is 17.5. The molecule has 0 aliphatic carbocycles. The van der Waals surface area contributed by atoms with E-state index in [1.165, 1.54) is 53.2 Å². The first-order valence-electron chi connectivity index (χ1n) is 24.1. The van der Waals surface area contributed by atoms with Crippen LogP contribution in [0.1, 0.15) is 29.3 Å². The first-order valence-corrected chi connectivity index (χ1v) is 24.9. The first kappa shape index (κ1) is 45.6. The van der Waals surface area contributed by atoms with E-state index in [1.807, 2.05) is 54.0 Å². The number of furan rings is 1. The quantitative estimate of drug-likeness (QED) is 0.141. The molecule has 0 atom stereocenters. The third-order valence-corrected chi connectivity index (χ3v) is 14.6. The second kappa shape index (κ2) is 19.9. The van der Waals surface area contributed by atoms with Crippen LogP contribution in [0.25, 0.3) is 115 Å². The van der Waals surface area contributed by atoms with E-state index >= 15 is 0 Å². The lowest BCUT2D eigenvalue weighted by atomic mass is 9.96. The van der Waals surface area contributed by atoms with Crippen molar-refractivity contribution >= 4 is 111 Å². The molecule has 4 heterocycles. The van der Waals surface area contributed by atoms with E-state index in [4.69, 9.17) is 20.6 Å². The summed E-state index contributed by atoms with van der Waals surface area (Å²) in [6.45, 7) is 9.92. The number of allylic oxidation sites excluding steroid dienone is 1. The van der Waals surface area contributed by atoms with Gasteiger partial charge in [-0.25, -0.2) is 0 Å². The van der Waals surface area contributed by atoms with Gasteiger partial charge >= 0.3 is 0 Å². The fraction of sp³-hybridized carbons (Fsp3) is 0.0462. The van der Waals surface area contributed by atoms with Crippen LogP contribution in [-0.2, 0) is 13.2 Å². The van der Waals surface area contributed by atoms with E-state index in [2.05, 4.69) is 211 Å². The van der Waals surface area contributed by atoms with E-state index in [1.54, 1.807) is 0 Å². The Morgan fingerprint density at radius 3 is 2.07 bits per heavy atom. The summed E-state index contributed by atoms with van der Waals surface area (Å²) in [7, 11) is 0. The molecule has 0 radical (unpaired) electrons. The summed E-state index contributed by atoms with van der Waals surface area (Å²) >= 11 is 1.85. The lowest BCUT2D eigenvalue weighted by Crippen LogP contribution is -2.01. The third-order valence-electron chi connectivity index (χ3n) is 13.5. The van der Waals surface area contributed by atoms with Gasteiger partial charge in [0.15, 0.2) is 0 Å². The number of aromatic nitrogens is 2. The minimum Gasteiger partial charge on any atom is -0.456 e. The highest BCUT2D eigenvalue weighted by Crippen LogP contribution is 2.44. The van der Waals surface area contributed by atoms with Crippen LogP contribution in [0.15, 0.2) is 222 Å². The van der Waals surface area contributed by atoms with Gasteiger partial charge in [0, 0.05) is 76.7 Å². The number of nitrogens with two attached hydrogens (primary N) is 1. The number of rotatable bonds is 9. The van der Waals surface area contributed by atoms with E-state index in [9.17, 15) is 0 Å². The van der Waals surface area contributed by atoms with Crippen molar-refractivity contribution in [1.29, 1.82) is 5.41 Å². The molecule has 4 aromatic heterocycles. The molecule has 13 rings (SSSR count). The van der Waals surface area contributed by atoms with Crippen molar-refractivity contribution in [2.24, 2.45) is 10.7 Å². The zero-order valence-corrected chi connectivity index (χ0v) is 40.7. The van der Waals surface area contributed by atoms with Gasteiger partial charge in [-0.2, -0.15) is 0 Å². The summed E-state index contributed by atoms with van der Waals surface area (Å²) in [4.78, 5) is 5.25. The van der Waals surface area contributed by atoms with E-state index in [0.29, 0.717) is 13.2 Å². The highest BCUT2D eigenvalue weighted by molar-refractivity contribution is 7.26. The average Bonchev–Trinajstić information content (AvgIpc) is 4.20. The standard InChI is InChI=1S/C57H39N3OS.C7H9N.CH3N/c1-3-15-49-41(4-2)44-28-29-45-43-21-11-12-23-48(43)59(56(45)57(44)60(49)40-19-9-6-10-20-40)35-58-34-39-18-13-24-51-54(39)46-33-38(26-30-50(46)61-51)42-22-14-25-53-55(42)47-32-37(27-31-52(47)62-53)36-16-7-5-8-17-36;8-6-7-4-2-1-3-5-7;1-2/h3-34H,2,35H2,1H3;1-5H,6,8H2;2H,1H2/b15-3-,58-34+;;. The molecule has 0 aliphatic heterocycles. The van der Waals surface area contributed by atoms with Gasteiger partial charge in [-0.05, 0) is 102 Å². The number of fused-ring (bicyclic) bond motifs is 11. The molecule has 7 heteroatoms. The smallest absolute Gasteiger partial charge is 0.136 e. The summed E-state index contributed by atoms with van der Waals surface area (Å²) in [6.07, 6.45) is 8.31. The van der Waals surface area contributed by atoms with Gasteiger partial charge in [-0.15, -0.1) is 11.3 Å². The lowest BCUT2D eigenvalue weighted by Gasteiger charge is -2.12. The van der Waals surface area contributed by atoms with Crippen LogP contribution in [0, 0.1) is 5.41 Å². The molecule has 0 spiro atoms. The zero-order chi connectivity index (χ0) is 49.1. The van der Waals surface area contributed by atoms with Crippen LogP contribution in [0.5, 0.6) is 0 Å². The Bertz CT molecular complexity index is 4170. The van der Waals surface area contributed by atoms with Gasteiger partial charge in [0.25, 0.3) is 0 Å². The summed E-state index contributed by atoms with van der Waals surface area (Å²) in [5.74, 6) is 0. The fourth-order valence-corrected chi connectivity index (χ4v) is 11.4. The normalized spacial score (nSPS) is 11.6. The molecule has 3 N–H and O–H groups in total. The van der Waals surface area contributed by atoms with E-state index in [-0.39, 0.29) is 0 Å². The number of hydrogen-bond acceptors (Lipinski definition) is 5. The third kappa shape index (κ3) is 8.01. The van der Waals surface area contributed by atoms with E-state index in [0.717, 1.165) is 71.9 Å². The van der Waals surface area contributed by atoms with Crippen LogP contribution >= 0.6 is 11.3 Å². The minimum atomic E-state index is 0.432. The SMILES string of the molecule is C=Cc1c(/C=C\C)n(-c2ccccc2)c2c1ccc1c3ccccc3n(C/N=C/c3cccc4oc5ccc(-c6cccc7sc8ccc(-c9ccccc9)cc8c67)cc5c34)c12.C=N.NCc1ccccc1. The number of thiophene rings is 1. The molecule has 0 unspecified atom stereocenters. The summed E-state index contributed by atoms with van der Waals surface area (Å²) in [6, 6.07) is 70.9. The van der Waals surface area contributed by atoms with Crippen molar-refractivity contribution in [2.45, 2.75) is 20.1 Å². The van der Waals surface area contributed by atoms with Crippen molar-refractivity contribution in [3.05, 3.63) is 235 Å². The Morgan fingerprint density at radius 1 is 0.597 bits per heavy atom. The Hall–Kier alpha value is -8.88. The Balaban J connectivity index is 0.000000508. The molecule has 0 saturated carbocycles. The highest BCUT2D eigenvalue weighted by Gasteiger charge is 2.22. The van der Waals surface area contributed by atoms with E-state index < -0.39 is 0 Å². The number of para-hydroxylation sites is 2. The Morgan fingerprint density at radius 2 is 1.31 bits per heavy atom. The van der Waals surface area contributed by atoms with Crippen molar-refractivity contribution < 1.29 is 4.42 Å². The van der Waals surface area contributed by atoms with Crippen molar-refractivity contribution in [3.63, 3.8) is 0 Å². The van der Waals surface area contributed by atoms with Gasteiger partial charge in [-0.3, -0.25) is 4.99 Å². The number of aliphatic imine (C=N–C) groups is 1. The van der Waals surface area contributed by atoms with Crippen molar-refractivity contribution in [1.82, 2.24) is 9.13 Å². The van der Waals surface area contributed by atoms with Crippen LogP contribution in [0.4, 0.5) is 0 Å². The molecule has 6 nitrogen and oxygen atoms in total. The summed E-state index contributed by atoms with van der Waals surface area (Å²) < 4.78 is 13.8. The maximum atomic E-state index is 6.53. The van der Waals surface area contributed by atoms with Gasteiger partial charge in [0.1, 0.15) is 17.8 Å². The predicted octanol–water partition coefficient (Wildman–Crippen LogP) is 17.5. The molecule has 0 aliphatic rings. The monoisotopic (exact) mass is 949 g/mol. The van der Waals surface area contributed by atoms with Crippen LogP contribution in [0.3, 0.4) is 0 Å². The molecule has 0 bridgehead atoms. The van der Waals surface area contributed by atoms with Gasteiger partial charge in [-0.1, -0.05) is 164 Å². The molecule has 0 fully saturated rings.